The first-order valence-corrected chi connectivity index (χ1v) is 11.8. The summed E-state index contributed by atoms with van der Waals surface area (Å²) < 4.78 is 39.8. The third kappa shape index (κ3) is 5.15. The molecule has 0 aliphatic carbocycles. The van der Waals surface area contributed by atoms with Crippen LogP contribution in [0, 0.1) is 0 Å². The normalized spacial score (nSPS) is 19.2. The number of amides is 2. The second-order valence-corrected chi connectivity index (χ2v) is 8.96. The second kappa shape index (κ2) is 10.7. The number of hydrogen-bond acceptors (Lipinski definition) is 8. The molecule has 38 heavy (non-hydrogen) atoms. The van der Waals surface area contributed by atoms with Gasteiger partial charge in [0.05, 0.1) is 28.5 Å². The molecule has 2 aliphatic rings. The summed E-state index contributed by atoms with van der Waals surface area (Å²) in [6.07, 6.45) is -2.54. The Bertz CT molecular complexity index is 1250. The smallest absolute Gasteiger partial charge is 0.370 e. The monoisotopic (exact) mass is 532 g/mol. The Morgan fingerprint density at radius 3 is 2.58 bits per heavy atom. The highest BCUT2D eigenvalue weighted by molar-refractivity contribution is 6.02. The number of carbonyl (C=O) groups is 3. The van der Waals surface area contributed by atoms with Crippen LogP contribution < -0.4 is 22.0 Å². The molecular weight excluding hydrogens is 505 g/mol. The van der Waals surface area contributed by atoms with Crippen molar-refractivity contribution in [3.63, 3.8) is 0 Å². The van der Waals surface area contributed by atoms with E-state index in [1.165, 1.54) is 18.2 Å². The number of carbonyl (C=O) groups excluding carboxylic acids is 3. The topological polar surface area (TPSA) is 134 Å². The maximum Gasteiger partial charge on any atom is 0.416 e. The Hall–Kier alpha value is -4.10. The van der Waals surface area contributed by atoms with Crippen LogP contribution in [0.15, 0.2) is 55.1 Å². The zero-order chi connectivity index (χ0) is 27.6. The number of hydrazine groups is 1. The lowest BCUT2D eigenvalue weighted by Crippen LogP contribution is -2.60. The standard InChI is InChI=1S/C25H27F3N6O4/c1-2-20(35)32-12-4-3-9-17(14-32)33-21-18(23(37)38-30)10-6-11-19(21)31-24(33)34(29)22(36)15-7-5-8-16(13-15)25(26,27)28/h2,5-8,10-11,13,17,24,31H,1,3-4,9,12,14,29-30H2. The number of nitrogens with zero attached hydrogens (tertiary/aromatic N) is 3. The molecule has 2 aromatic carbocycles. The highest BCUT2D eigenvalue weighted by atomic mass is 19.4. The summed E-state index contributed by atoms with van der Waals surface area (Å²) in [5.41, 5.74) is -0.405. The Morgan fingerprint density at radius 2 is 1.89 bits per heavy atom. The molecule has 0 bridgehead atoms. The van der Waals surface area contributed by atoms with E-state index in [0.717, 1.165) is 36.0 Å². The molecule has 0 radical (unpaired) electrons. The minimum Gasteiger partial charge on any atom is -0.370 e. The molecule has 2 aliphatic heterocycles. The molecule has 202 valence electrons. The van der Waals surface area contributed by atoms with Crippen LogP contribution in [0.4, 0.5) is 24.5 Å². The summed E-state index contributed by atoms with van der Waals surface area (Å²) in [4.78, 5) is 46.1. The summed E-state index contributed by atoms with van der Waals surface area (Å²) >= 11 is 0. The molecule has 1 fully saturated rings. The van der Waals surface area contributed by atoms with Gasteiger partial charge >= 0.3 is 12.1 Å². The molecule has 2 unspecified atom stereocenters. The number of nitrogens with two attached hydrogens (primary N) is 2. The maximum absolute atomic E-state index is 13.3. The molecule has 13 heteroatoms. The lowest BCUT2D eigenvalue weighted by Gasteiger charge is -2.39. The quantitative estimate of drug-likeness (QED) is 0.232. The number of nitrogens with one attached hydrogen (secondary N) is 1. The molecule has 0 aromatic heterocycles. The third-order valence-electron chi connectivity index (χ3n) is 6.63. The predicted molar refractivity (Wildman–Crippen MR) is 132 cm³/mol. The summed E-state index contributed by atoms with van der Waals surface area (Å²) in [5.74, 6) is 9.43. The molecule has 0 saturated carbocycles. The lowest BCUT2D eigenvalue weighted by molar-refractivity contribution is -0.137. The zero-order valence-corrected chi connectivity index (χ0v) is 20.3. The van der Waals surface area contributed by atoms with E-state index in [9.17, 15) is 27.6 Å². The fourth-order valence-corrected chi connectivity index (χ4v) is 4.85. The molecule has 1 saturated heterocycles. The van der Waals surface area contributed by atoms with Gasteiger partial charge in [-0.1, -0.05) is 18.7 Å². The van der Waals surface area contributed by atoms with Crippen molar-refractivity contribution in [2.24, 2.45) is 11.7 Å². The average Bonchev–Trinajstić information content (AvgIpc) is 3.14. The molecule has 0 spiro atoms. The van der Waals surface area contributed by atoms with Crippen molar-refractivity contribution >= 4 is 29.2 Å². The van der Waals surface area contributed by atoms with Crippen molar-refractivity contribution in [1.29, 1.82) is 0 Å². The molecule has 10 nitrogen and oxygen atoms in total. The number of alkyl halides is 3. The van der Waals surface area contributed by atoms with Crippen LogP contribution in [-0.4, -0.2) is 53.1 Å². The Labute approximate surface area is 216 Å². The van der Waals surface area contributed by atoms with Gasteiger partial charge in [0.25, 0.3) is 5.91 Å². The van der Waals surface area contributed by atoms with E-state index in [4.69, 9.17) is 11.7 Å². The van der Waals surface area contributed by atoms with Crippen LogP contribution in [0.5, 0.6) is 0 Å². The van der Waals surface area contributed by atoms with Crippen LogP contribution in [-0.2, 0) is 15.8 Å². The Balaban J connectivity index is 1.76. The van der Waals surface area contributed by atoms with Gasteiger partial charge < -0.3 is 20.0 Å². The fourth-order valence-electron chi connectivity index (χ4n) is 4.85. The number of halogens is 3. The highest BCUT2D eigenvalue weighted by Crippen LogP contribution is 2.41. The number of benzene rings is 2. The molecule has 2 aromatic rings. The lowest BCUT2D eigenvalue weighted by atomic mass is 10.1. The Morgan fingerprint density at radius 1 is 1.16 bits per heavy atom. The molecule has 2 atom stereocenters. The van der Waals surface area contributed by atoms with Gasteiger partial charge in [-0.2, -0.15) is 19.1 Å². The largest absolute Gasteiger partial charge is 0.416 e. The fraction of sp³-hybridized carbons (Fsp3) is 0.320. The van der Waals surface area contributed by atoms with Gasteiger partial charge in [0.1, 0.15) is 0 Å². The number of rotatable bonds is 5. The number of hydrogen-bond donors (Lipinski definition) is 3. The van der Waals surface area contributed by atoms with Crippen LogP contribution in [0.2, 0.25) is 0 Å². The molecular formula is C25H27F3N6O4. The Kier molecular flexibility index (Phi) is 7.60. The van der Waals surface area contributed by atoms with Crippen LogP contribution >= 0.6 is 0 Å². The van der Waals surface area contributed by atoms with Gasteiger partial charge in [-0.05, 0) is 55.7 Å². The SMILES string of the molecule is C=CC(=O)N1CCCCC(N2c3c(cccc3C(=O)ON)NC2N(N)C(=O)c2cccc(C(F)(F)F)c2)C1. The van der Waals surface area contributed by atoms with Gasteiger partial charge in [0.15, 0.2) is 6.29 Å². The van der Waals surface area contributed by atoms with E-state index >= 15 is 0 Å². The first-order chi connectivity index (χ1) is 18.1. The molecule has 2 heterocycles. The summed E-state index contributed by atoms with van der Waals surface area (Å²) in [7, 11) is 0. The van der Waals surface area contributed by atoms with E-state index in [1.807, 2.05) is 0 Å². The van der Waals surface area contributed by atoms with Crippen molar-refractivity contribution in [1.82, 2.24) is 9.91 Å². The van der Waals surface area contributed by atoms with Crippen molar-refractivity contribution in [3.8, 4) is 0 Å². The van der Waals surface area contributed by atoms with Crippen molar-refractivity contribution in [2.45, 2.75) is 37.8 Å². The van der Waals surface area contributed by atoms with E-state index in [0.29, 0.717) is 24.3 Å². The molecule has 2 amide bonds. The van der Waals surface area contributed by atoms with E-state index in [2.05, 4.69) is 16.7 Å². The van der Waals surface area contributed by atoms with Crippen molar-refractivity contribution in [2.75, 3.05) is 23.3 Å². The number of anilines is 2. The van der Waals surface area contributed by atoms with Crippen molar-refractivity contribution < 1.29 is 32.4 Å². The minimum atomic E-state index is -4.65. The van der Waals surface area contributed by atoms with Gasteiger partial charge in [-0.3, -0.25) is 9.59 Å². The van der Waals surface area contributed by atoms with Gasteiger partial charge in [-0.15, -0.1) is 0 Å². The second-order valence-electron chi connectivity index (χ2n) is 8.96. The average molecular weight is 533 g/mol. The highest BCUT2D eigenvalue weighted by Gasteiger charge is 2.42. The summed E-state index contributed by atoms with van der Waals surface area (Å²) in [5, 5.41) is 3.86. The molecule has 4 rings (SSSR count). The first kappa shape index (κ1) is 26.9. The number of fused-ring (bicyclic) bond motifs is 1. The summed E-state index contributed by atoms with van der Waals surface area (Å²) in [6, 6.07) is 8.22. The van der Waals surface area contributed by atoms with Crippen LogP contribution in [0.3, 0.4) is 0 Å². The van der Waals surface area contributed by atoms with Gasteiger partial charge in [0.2, 0.25) is 5.91 Å². The number of likely N-dealkylation sites (tertiary alicyclic amines) is 1. The molecule has 5 N–H and O–H groups in total. The van der Waals surface area contributed by atoms with Crippen molar-refractivity contribution in [3.05, 3.63) is 71.8 Å². The van der Waals surface area contributed by atoms with E-state index in [-0.39, 0.29) is 23.6 Å². The predicted octanol–water partition coefficient (Wildman–Crippen LogP) is 2.83. The van der Waals surface area contributed by atoms with Crippen LogP contribution in [0.25, 0.3) is 0 Å². The minimum absolute atomic E-state index is 0.0887. The summed E-state index contributed by atoms with van der Waals surface area (Å²) in [6.45, 7) is 4.26. The third-order valence-corrected chi connectivity index (χ3v) is 6.63. The van der Waals surface area contributed by atoms with E-state index < -0.39 is 35.9 Å². The van der Waals surface area contributed by atoms with Gasteiger partial charge in [0, 0.05) is 18.7 Å². The zero-order valence-electron chi connectivity index (χ0n) is 20.3. The number of para-hydroxylation sites is 1. The van der Waals surface area contributed by atoms with Crippen LogP contribution in [0.1, 0.15) is 45.5 Å². The first-order valence-electron chi connectivity index (χ1n) is 11.8. The van der Waals surface area contributed by atoms with Gasteiger partial charge in [-0.25, -0.2) is 15.6 Å². The maximum atomic E-state index is 13.3. The van der Waals surface area contributed by atoms with E-state index in [1.54, 1.807) is 21.9 Å².